The van der Waals surface area contributed by atoms with Crippen molar-refractivity contribution in [1.29, 1.82) is 0 Å². The number of carbonyl (C=O) groups excluding carboxylic acids is 2. The molecule has 0 spiro atoms. The van der Waals surface area contributed by atoms with Crippen LogP contribution in [0, 0.1) is 11.3 Å². The van der Waals surface area contributed by atoms with E-state index in [-0.39, 0.29) is 39.7 Å². The Bertz CT molecular complexity index is 802. The number of Topliss-reactive ketones (excluding diaryl/α,β-unsaturated/α-hetero) is 2. The van der Waals surface area contributed by atoms with Crippen LogP contribution in [-0.2, 0) is 16.0 Å². The third kappa shape index (κ3) is 4.52. The maximum absolute atomic E-state index is 13.3. The molecule has 1 aliphatic rings. The van der Waals surface area contributed by atoms with Crippen LogP contribution < -0.4 is 4.74 Å². The first-order valence-corrected chi connectivity index (χ1v) is 10.2. The van der Waals surface area contributed by atoms with Crippen LogP contribution in [0.3, 0.4) is 0 Å². The minimum atomic E-state index is -1.10. The number of hydrogen-bond donors (Lipinski definition) is 1. The lowest BCUT2D eigenvalue weighted by Crippen LogP contribution is -2.30. The van der Waals surface area contributed by atoms with Crippen molar-refractivity contribution in [3.8, 4) is 5.75 Å². The van der Waals surface area contributed by atoms with Crippen molar-refractivity contribution < 1.29 is 24.2 Å². The lowest BCUT2D eigenvalue weighted by Gasteiger charge is -2.29. The van der Waals surface area contributed by atoms with E-state index in [1.54, 1.807) is 13.0 Å². The topological polar surface area (TPSA) is 80.7 Å². The first kappa shape index (κ1) is 22.7. The highest BCUT2D eigenvalue weighted by Gasteiger charge is 2.47. The van der Waals surface area contributed by atoms with Gasteiger partial charge >= 0.3 is 5.97 Å². The van der Waals surface area contributed by atoms with Gasteiger partial charge in [-0.3, -0.25) is 4.79 Å². The average molecular weight is 429 g/mol. The summed E-state index contributed by atoms with van der Waals surface area (Å²) < 4.78 is 5.56. The number of fused-ring (bicyclic) bond motifs is 1. The maximum Gasteiger partial charge on any atom is 0.344 e. The summed E-state index contributed by atoms with van der Waals surface area (Å²) in [5.74, 6) is -0.735. The number of aliphatic carboxylic acids is 1. The Morgan fingerprint density at radius 3 is 2.43 bits per heavy atom. The Labute approximate surface area is 175 Å². The Kier molecular flexibility index (Phi) is 7.16. The van der Waals surface area contributed by atoms with Crippen molar-refractivity contribution in [2.75, 3.05) is 0 Å². The second-order valence-corrected chi connectivity index (χ2v) is 8.73. The Morgan fingerprint density at radius 1 is 1.29 bits per heavy atom. The molecule has 0 fully saturated rings. The van der Waals surface area contributed by atoms with E-state index < -0.39 is 17.5 Å². The van der Waals surface area contributed by atoms with Gasteiger partial charge in [-0.2, -0.15) is 0 Å². The van der Waals surface area contributed by atoms with E-state index in [0.29, 0.717) is 36.8 Å². The molecular weight excluding hydrogens is 403 g/mol. The monoisotopic (exact) mass is 428 g/mol. The van der Waals surface area contributed by atoms with Crippen molar-refractivity contribution in [1.82, 2.24) is 0 Å². The number of benzene rings is 1. The zero-order valence-corrected chi connectivity index (χ0v) is 18.1. The van der Waals surface area contributed by atoms with Crippen molar-refractivity contribution in [2.45, 2.75) is 65.9 Å². The quantitative estimate of drug-likeness (QED) is 0.570. The van der Waals surface area contributed by atoms with Crippen LogP contribution in [0.25, 0.3) is 0 Å². The standard InChI is InChI=1S/C21H26Cl2O5/c1-5-14(20(26)27)28-15-8-13-10-21(9-11(2)3,7-6-12(4)24)19(25)16(13)18(23)17(15)22/h8,11,14H,5-7,9-10H2,1-4H3,(H,26,27). The maximum atomic E-state index is 13.3. The molecule has 5 nitrogen and oxygen atoms in total. The smallest absolute Gasteiger partial charge is 0.344 e. The molecule has 0 heterocycles. The van der Waals surface area contributed by atoms with E-state index >= 15 is 0 Å². The van der Waals surface area contributed by atoms with Gasteiger partial charge in [0.05, 0.1) is 5.02 Å². The minimum absolute atomic E-state index is 0.0345. The minimum Gasteiger partial charge on any atom is -0.479 e. The summed E-state index contributed by atoms with van der Waals surface area (Å²) in [7, 11) is 0. The van der Waals surface area contributed by atoms with E-state index in [1.165, 1.54) is 6.92 Å². The summed E-state index contributed by atoms with van der Waals surface area (Å²) in [6, 6.07) is 1.63. The van der Waals surface area contributed by atoms with Gasteiger partial charge in [0, 0.05) is 17.4 Å². The van der Waals surface area contributed by atoms with Crippen LogP contribution in [0.5, 0.6) is 5.75 Å². The number of carboxylic acids is 1. The van der Waals surface area contributed by atoms with Crippen molar-refractivity contribution in [3.63, 3.8) is 0 Å². The normalized spacial score (nSPS) is 19.6. The third-order valence-electron chi connectivity index (χ3n) is 5.16. The fourth-order valence-electron chi connectivity index (χ4n) is 3.96. The molecule has 0 bridgehead atoms. The van der Waals surface area contributed by atoms with Crippen LogP contribution in [0.1, 0.15) is 69.3 Å². The summed E-state index contributed by atoms with van der Waals surface area (Å²) in [5, 5.41) is 9.38. The van der Waals surface area contributed by atoms with Gasteiger partial charge in [0.2, 0.25) is 0 Å². The molecule has 1 aromatic carbocycles. The lowest BCUT2D eigenvalue weighted by atomic mass is 9.73. The number of carbonyl (C=O) groups is 3. The second-order valence-electron chi connectivity index (χ2n) is 7.98. The highest BCUT2D eigenvalue weighted by atomic mass is 35.5. The van der Waals surface area contributed by atoms with Gasteiger partial charge in [-0.25, -0.2) is 4.79 Å². The molecule has 0 amide bonds. The Balaban J connectivity index is 2.48. The summed E-state index contributed by atoms with van der Waals surface area (Å²) in [4.78, 5) is 36.2. The molecule has 2 unspecified atom stereocenters. The summed E-state index contributed by atoms with van der Waals surface area (Å²) >= 11 is 12.7. The first-order chi connectivity index (χ1) is 13.0. The first-order valence-electron chi connectivity index (χ1n) is 9.47. The van der Waals surface area contributed by atoms with Crippen molar-refractivity contribution in [2.24, 2.45) is 11.3 Å². The summed E-state index contributed by atoms with van der Waals surface area (Å²) in [5.41, 5.74) is 0.357. The number of ketones is 2. The molecule has 28 heavy (non-hydrogen) atoms. The molecule has 0 saturated heterocycles. The van der Waals surface area contributed by atoms with Crippen LogP contribution in [0.15, 0.2) is 6.07 Å². The predicted octanol–water partition coefficient (Wildman–Crippen LogP) is 5.38. The van der Waals surface area contributed by atoms with E-state index in [2.05, 4.69) is 0 Å². The fraction of sp³-hybridized carbons (Fsp3) is 0.571. The molecule has 1 N–H and O–H groups in total. The Morgan fingerprint density at radius 2 is 1.93 bits per heavy atom. The number of ether oxygens (including phenoxy) is 1. The summed E-state index contributed by atoms with van der Waals surface area (Å²) in [6.45, 7) is 7.28. The van der Waals surface area contributed by atoms with E-state index in [4.69, 9.17) is 27.9 Å². The molecular formula is C21H26Cl2O5. The van der Waals surface area contributed by atoms with Gasteiger partial charge in [0.25, 0.3) is 0 Å². The van der Waals surface area contributed by atoms with Crippen molar-refractivity contribution >= 4 is 40.7 Å². The molecule has 2 rings (SSSR count). The van der Waals surface area contributed by atoms with Crippen LogP contribution >= 0.6 is 23.2 Å². The molecule has 7 heteroatoms. The van der Waals surface area contributed by atoms with E-state index in [1.807, 2.05) is 13.8 Å². The lowest BCUT2D eigenvalue weighted by molar-refractivity contribution is -0.145. The van der Waals surface area contributed by atoms with Gasteiger partial charge < -0.3 is 14.6 Å². The van der Waals surface area contributed by atoms with Gasteiger partial charge in [0.15, 0.2) is 11.9 Å². The zero-order chi connectivity index (χ0) is 21.2. The van der Waals surface area contributed by atoms with E-state index in [0.717, 1.165) is 0 Å². The highest BCUT2D eigenvalue weighted by Crippen LogP contribution is 2.50. The van der Waals surface area contributed by atoms with Gasteiger partial charge in [-0.1, -0.05) is 44.0 Å². The van der Waals surface area contributed by atoms with Crippen LogP contribution in [0.4, 0.5) is 0 Å². The van der Waals surface area contributed by atoms with Gasteiger partial charge in [0.1, 0.15) is 16.6 Å². The number of carboxylic acid groups (broad SMARTS) is 1. The molecule has 154 valence electrons. The SMILES string of the molecule is CCC(Oc1cc2c(c(Cl)c1Cl)C(=O)C(CCC(C)=O)(CC(C)C)C2)C(=O)O. The molecule has 0 radical (unpaired) electrons. The zero-order valence-electron chi connectivity index (χ0n) is 16.6. The molecule has 0 saturated carbocycles. The average Bonchev–Trinajstić information content (AvgIpc) is 2.86. The van der Waals surface area contributed by atoms with Crippen LogP contribution in [-0.4, -0.2) is 28.7 Å². The molecule has 0 aromatic heterocycles. The second kappa shape index (κ2) is 8.83. The fourth-order valence-corrected chi connectivity index (χ4v) is 4.45. The third-order valence-corrected chi connectivity index (χ3v) is 6.01. The van der Waals surface area contributed by atoms with Gasteiger partial charge in [-0.05, 0) is 50.2 Å². The molecule has 0 aliphatic heterocycles. The largest absolute Gasteiger partial charge is 0.479 e. The Hall–Kier alpha value is -1.59. The number of rotatable bonds is 9. The molecule has 2 atom stereocenters. The van der Waals surface area contributed by atoms with Gasteiger partial charge in [-0.15, -0.1) is 0 Å². The summed E-state index contributed by atoms with van der Waals surface area (Å²) in [6.07, 6.45) is 1.04. The number of halogens is 2. The molecule has 1 aliphatic carbocycles. The number of hydrogen-bond acceptors (Lipinski definition) is 4. The van der Waals surface area contributed by atoms with Crippen LogP contribution in [0.2, 0.25) is 10.0 Å². The highest BCUT2D eigenvalue weighted by molar-refractivity contribution is 6.45. The van der Waals surface area contributed by atoms with Crippen molar-refractivity contribution in [3.05, 3.63) is 27.2 Å². The van der Waals surface area contributed by atoms with E-state index in [9.17, 15) is 19.5 Å². The molecule has 1 aromatic rings. The predicted molar refractivity (Wildman–Crippen MR) is 109 cm³/mol.